The number of nitrogens with zero attached hydrogens (tertiary/aromatic N) is 1. The molecule has 0 atom stereocenters. The predicted octanol–water partition coefficient (Wildman–Crippen LogP) is 4.98. The summed E-state index contributed by atoms with van der Waals surface area (Å²) in [5.41, 5.74) is 1.77. The fraction of sp³-hybridized carbons (Fsp3) is 0.0476. The Hall–Kier alpha value is -3.18. The molecule has 5 heteroatoms. The molecule has 0 aliphatic carbocycles. The van der Waals surface area contributed by atoms with Gasteiger partial charge in [0.25, 0.3) is 5.91 Å². The minimum atomic E-state index is -0.195. The molecule has 0 unspecified atom stereocenters. The lowest BCUT2D eigenvalue weighted by atomic mass is 10.1. The van der Waals surface area contributed by atoms with Crippen molar-refractivity contribution >= 4 is 33.7 Å². The van der Waals surface area contributed by atoms with E-state index < -0.39 is 0 Å². The fourth-order valence-electron chi connectivity index (χ4n) is 2.72. The number of hydrogen-bond acceptors (Lipinski definition) is 4. The van der Waals surface area contributed by atoms with E-state index in [0.29, 0.717) is 5.75 Å². The van der Waals surface area contributed by atoms with Crippen LogP contribution in [-0.4, -0.2) is 17.5 Å². The van der Waals surface area contributed by atoms with Gasteiger partial charge in [-0.05, 0) is 35.7 Å². The van der Waals surface area contributed by atoms with Crippen LogP contribution in [0.15, 0.2) is 78.3 Å². The predicted molar refractivity (Wildman–Crippen MR) is 106 cm³/mol. The number of hydrogen-bond donors (Lipinski definition) is 1. The van der Waals surface area contributed by atoms with Crippen molar-refractivity contribution in [2.75, 3.05) is 11.9 Å². The molecule has 0 spiro atoms. The highest BCUT2D eigenvalue weighted by atomic mass is 32.1. The van der Waals surface area contributed by atoms with Crippen molar-refractivity contribution in [3.05, 3.63) is 78.3 Å². The number of benzene rings is 3. The first-order chi connectivity index (χ1) is 12.8. The van der Waals surface area contributed by atoms with Gasteiger partial charge in [0.05, 0.1) is 0 Å². The number of ether oxygens (including phenoxy) is 1. The van der Waals surface area contributed by atoms with Crippen molar-refractivity contribution in [3.8, 4) is 16.3 Å². The summed E-state index contributed by atoms with van der Waals surface area (Å²) in [5.74, 6) is 0.511. The topological polar surface area (TPSA) is 51.2 Å². The van der Waals surface area contributed by atoms with Crippen molar-refractivity contribution in [1.82, 2.24) is 4.98 Å². The largest absolute Gasteiger partial charge is 0.483 e. The highest BCUT2D eigenvalue weighted by Gasteiger charge is 2.07. The van der Waals surface area contributed by atoms with Gasteiger partial charge in [-0.2, -0.15) is 0 Å². The molecule has 4 rings (SSSR count). The first-order valence-electron chi connectivity index (χ1n) is 8.20. The number of nitrogens with one attached hydrogen (secondary N) is 1. The molecule has 1 heterocycles. The van der Waals surface area contributed by atoms with Crippen LogP contribution in [-0.2, 0) is 4.79 Å². The lowest BCUT2D eigenvalue weighted by Crippen LogP contribution is -2.20. The standard InChI is InChI=1S/C21H16N2O2S/c24-20(14-25-19-7-3-5-15-4-1-2-6-18(15)19)23-17-10-8-16(9-11-17)21-22-12-13-26-21/h1-13H,14H2,(H,23,24). The molecule has 0 saturated heterocycles. The quantitative estimate of drug-likeness (QED) is 0.546. The van der Waals surface area contributed by atoms with E-state index >= 15 is 0 Å². The van der Waals surface area contributed by atoms with Crippen molar-refractivity contribution in [2.45, 2.75) is 0 Å². The van der Waals surface area contributed by atoms with Crippen LogP contribution in [0.4, 0.5) is 5.69 Å². The van der Waals surface area contributed by atoms with Gasteiger partial charge < -0.3 is 10.1 Å². The number of carbonyl (C=O) groups is 1. The number of carbonyl (C=O) groups excluding carboxylic acids is 1. The molecule has 1 aromatic heterocycles. The van der Waals surface area contributed by atoms with Gasteiger partial charge >= 0.3 is 0 Å². The maximum absolute atomic E-state index is 12.2. The number of fused-ring (bicyclic) bond motifs is 1. The summed E-state index contributed by atoms with van der Waals surface area (Å²) in [6.07, 6.45) is 1.78. The normalized spacial score (nSPS) is 10.6. The summed E-state index contributed by atoms with van der Waals surface area (Å²) in [6, 6.07) is 21.4. The maximum atomic E-state index is 12.2. The van der Waals surface area contributed by atoms with Gasteiger partial charge in [0.2, 0.25) is 0 Å². The van der Waals surface area contributed by atoms with E-state index in [1.54, 1.807) is 17.5 Å². The van der Waals surface area contributed by atoms with Crippen LogP contribution < -0.4 is 10.1 Å². The molecule has 1 N–H and O–H groups in total. The average Bonchev–Trinajstić information content (AvgIpc) is 3.22. The van der Waals surface area contributed by atoms with Crippen LogP contribution in [0.2, 0.25) is 0 Å². The third-order valence-electron chi connectivity index (χ3n) is 3.96. The second-order valence-corrected chi connectivity index (χ2v) is 6.62. The van der Waals surface area contributed by atoms with Crippen LogP contribution in [0.5, 0.6) is 5.75 Å². The van der Waals surface area contributed by atoms with Crippen LogP contribution in [0, 0.1) is 0 Å². The Kier molecular flexibility index (Phi) is 4.62. The fourth-order valence-corrected chi connectivity index (χ4v) is 3.37. The molecule has 1 amide bonds. The Morgan fingerprint density at radius 1 is 1.00 bits per heavy atom. The highest BCUT2D eigenvalue weighted by Crippen LogP contribution is 2.25. The van der Waals surface area contributed by atoms with E-state index in [1.807, 2.05) is 72.1 Å². The minimum absolute atomic E-state index is 0.0394. The Morgan fingerprint density at radius 2 is 1.81 bits per heavy atom. The molecule has 128 valence electrons. The monoisotopic (exact) mass is 360 g/mol. The smallest absolute Gasteiger partial charge is 0.262 e. The molecule has 0 bridgehead atoms. The number of amides is 1. The van der Waals surface area contributed by atoms with Crippen LogP contribution >= 0.6 is 11.3 Å². The molecule has 0 fully saturated rings. The number of thiazole rings is 1. The molecule has 0 aliphatic rings. The Balaban J connectivity index is 1.39. The van der Waals surface area contributed by atoms with Crippen molar-refractivity contribution in [3.63, 3.8) is 0 Å². The highest BCUT2D eigenvalue weighted by molar-refractivity contribution is 7.13. The molecule has 0 radical (unpaired) electrons. The molecule has 3 aromatic carbocycles. The summed E-state index contributed by atoms with van der Waals surface area (Å²) >= 11 is 1.58. The lowest BCUT2D eigenvalue weighted by molar-refractivity contribution is -0.118. The van der Waals surface area contributed by atoms with Gasteiger partial charge in [0, 0.05) is 28.2 Å². The van der Waals surface area contributed by atoms with Gasteiger partial charge in [-0.1, -0.05) is 36.4 Å². The average molecular weight is 360 g/mol. The van der Waals surface area contributed by atoms with Crippen LogP contribution in [0.1, 0.15) is 0 Å². The van der Waals surface area contributed by atoms with Crippen molar-refractivity contribution < 1.29 is 9.53 Å². The van der Waals surface area contributed by atoms with E-state index in [2.05, 4.69) is 10.3 Å². The number of rotatable bonds is 5. The molecule has 4 aromatic rings. The molecule has 26 heavy (non-hydrogen) atoms. The summed E-state index contributed by atoms with van der Waals surface area (Å²) in [4.78, 5) is 16.5. The summed E-state index contributed by atoms with van der Waals surface area (Å²) in [5, 5.41) is 7.83. The molecule has 4 nitrogen and oxygen atoms in total. The van der Waals surface area contributed by atoms with Gasteiger partial charge in [-0.25, -0.2) is 4.98 Å². The first kappa shape index (κ1) is 16.3. The Bertz CT molecular complexity index is 1020. The number of aromatic nitrogens is 1. The molecular weight excluding hydrogens is 344 g/mol. The Labute approximate surface area is 155 Å². The first-order valence-corrected chi connectivity index (χ1v) is 9.08. The zero-order valence-electron chi connectivity index (χ0n) is 13.9. The van der Waals surface area contributed by atoms with E-state index in [4.69, 9.17) is 4.74 Å². The summed E-state index contributed by atoms with van der Waals surface area (Å²) in [6.45, 7) is -0.0394. The molecule has 0 saturated carbocycles. The third-order valence-corrected chi connectivity index (χ3v) is 4.78. The maximum Gasteiger partial charge on any atom is 0.262 e. The Morgan fingerprint density at radius 3 is 2.62 bits per heavy atom. The SMILES string of the molecule is O=C(COc1cccc2ccccc12)Nc1ccc(-c2nccs2)cc1. The minimum Gasteiger partial charge on any atom is -0.483 e. The van der Waals surface area contributed by atoms with Crippen LogP contribution in [0.25, 0.3) is 21.3 Å². The molecule has 0 aliphatic heterocycles. The number of anilines is 1. The van der Waals surface area contributed by atoms with Gasteiger partial charge in [0.15, 0.2) is 6.61 Å². The summed E-state index contributed by atoms with van der Waals surface area (Å²) < 4.78 is 5.72. The second kappa shape index (κ2) is 7.37. The van der Waals surface area contributed by atoms with Gasteiger partial charge in [0.1, 0.15) is 10.8 Å². The molecular formula is C21H16N2O2S. The second-order valence-electron chi connectivity index (χ2n) is 5.73. The lowest BCUT2D eigenvalue weighted by Gasteiger charge is -2.10. The van der Waals surface area contributed by atoms with Crippen molar-refractivity contribution in [1.29, 1.82) is 0 Å². The van der Waals surface area contributed by atoms with E-state index in [0.717, 1.165) is 27.0 Å². The van der Waals surface area contributed by atoms with Gasteiger partial charge in [-0.3, -0.25) is 4.79 Å². The van der Waals surface area contributed by atoms with E-state index in [1.165, 1.54) is 0 Å². The van der Waals surface area contributed by atoms with E-state index in [9.17, 15) is 4.79 Å². The zero-order valence-corrected chi connectivity index (χ0v) is 14.7. The zero-order chi connectivity index (χ0) is 17.8. The van der Waals surface area contributed by atoms with Crippen LogP contribution in [0.3, 0.4) is 0 Å². The van der Waals surface area contributed by atoms with E-state index in [-0.39, 0.29) is 12.5 Å². The third kappa shape index (κ3) is 3.58. The van der Waals surface area contributed by atoms with Crippen molar-refractivity contribution in [2.24, 2.45) is 0 Å². The summed E-state index contributed by atoms with van der Waals surface area (Å²) in [7, 11) is 0. The van der Waals surface area contributed by atoms with Gasteiger partial charge in [-0.15, -0.1) is 11.3 Å².